The zero-order valence-corrected chi connectivity index (χ0v) is 23.5. The lowest BCUT2D eigenvalue weighted by molar-refractivity contribution is -0.870. The lowest BCUT2D eigenvalue weighted by atomic mass is 10.1. The van der Waals surface area contributed by atoms with Crippen molar-refractivity contribution in [1.29, 1.82) is 0 Å². The van der Waals surface area contributed by atoms with Crippen molar-refractivity contribution in [2.45, 2.75) is 103 Å². The van der Waals surface area contributed by atoms with Crippen LogP contribution in [0.1, 0.15) is 96.8 Å². The summed E-state index contributed by atoms with van der Waals surface area (Å²) in [5.41, 5.74) is 0. The molecule has 0 aromatic carbocycles. The van der Waals surface area contributed by atoms with Crippen molar-refractivity contribution >= 4 is 7.82 Å². The molecule has 0 aliphatic heterocycles. The summed E-state index contributed by atoms with van der Waals surface area (Å²) in [6, 6.07) is 0. The molecule has 0 aliphatic rings. The molecule has 204 valence electrons. The molecule has 0 radical (unpaired) electrons. The highest BCUT2D eigenvalue weighted by molar-refractivity contribution is 7.47. The van der Waals surface area contributed by atoms with E-state index in [0.717, 1.165) is 19.3 Å². The van der Waals surface area contributed by atoms with E-state index in [-0.39, 0.29) is 19.8 Å². The van der Waals surface area contributed by atoms with Gasteiger partial charge < -0.3 is 19.2 Å². The first-order chi connectivity index (χ1) is 16.2. The van der Waals surface area contributed by atoms with Crippen molar-refractivity contribution in [2.24, 2.45) is 0 Å². The molecule has 2 atom stereocenters. The largest absolute Gasteiger partial charge is 0.472 e. The van der Waals surface area contributed by atoms with Gasteiger partial charge in [-0.05, 0) is 25.7 Å². The van der Waals surface area contributed by atoms with Gasteiger partial charge in [0.1, 0.15) is 19.3 Å². The number of hydrogen-bond acceptors (Lipinski definition) is 5. The Hall–Kier alpha value is -0.270. The van der Waals surface area contributed by atoms with Crippen LogP contribution in [0.4, 0.5) is 0 Å². The molecule has 0 rings (SSSR count). The fourth-order valence-electron chi connectivity index (χ4n) is 3.38. The first-order valence-corrected chi connectivity index (χ1v) is 15.0. The molecule has 0 amide bonds. The number of likely N-dealkylation sites (N-methyl/N-ethyl adjacent to an activating group) is 1. The van der Waals surface area contributed by atoms with Crippen molar-refractivity contribution in [1.82, 2.24) is 0 Å². The summed E-state index contributed by atoms with van der Waals surface area (Å²) < 4.78 is 27.6. The topological polar surface area (TPSA) is 85.2 Å². The van der Waals surface area contributed by atoms with Crippen LogP contribution in [0.3, 0.4) is 0 Å². The molecule has 0 fully saturated rings. The van der Waals surface area contributed by atoms with Crippen LogP contribution >= 0.6 is 7.82 Å². The van der Waals surface area contributed by atoms with E-state index >= 15 is 0 Å². The third-order valence-corrected chi connectivity index (χ3v) is 6.54. The maximum Gasteiger partial charge on any atom is 0.472 e. The molecule has 0 aliphatic carbocycles. The molecule has 0 bridgehead atoms. The third kappa shape index (κ3) is 26.3. The molecular weight excluding hydrogens is 453 g/mol. The van der Waals surface area contributed by atoms with Crippen molar-refractivity contribution < 1.29 is 32.8 Å². The summed E-state index contributed by atoms with van der Waals surface area (Å²) >= 11 is 0. The first kappa shape index (κ1) is 33.7. The van der Waals surface area contributed by atoms with Gasteiger partial charge in [-0.3, -0.25) is 9.05 Å². The number of unbranched alkanes of at least 4 members (excludes halogenated alkanes) is 12. The maximum absolute atomic E-state index is 11.8. The number of ether oxygens (including phenoxy) is 1. The van der Waals surface area contributed by atoms with Crippen LogP contribution in [0.5, 0.6) is 0 Å². The molecule has 0 saturated carbocycles. The minimum Gasteiger partial charge on any atom is -0.388 e. The van der Waals surface area contributed by atoms with Crippen LogP contribution < -0.4 is 0 Å². The number of phosphoric ester groups is 1. The summed E-state index contributed by atoms with van der Waals surface area (Å²) in [6.07, 6.45) is 21.6. The number of quaternary nitrogens is 1. The SMILES string of the molecule is CCCCCCCCCCCCC/C=C\CCCOCC(O)COP(=O)(O)OCC[N+](C)(C)C. The lowest BCUT2D eigenvalue weighted by Crippen LogP contribution is -2.37. The van der Waals surface area contributed by atoms with E-state index in [2.05, 4.69) is 19.1 Å². The van der Waals surface area contributed by atoms with Gasteiger partial charge in [-0.1, -0.05) is 83.3 Å². The van der Waals surface area contributed by atoms with Crippen LogP contribution in [-0.4, -0.2) is 74.7 Å². The Kier molecular flexibility index (Phi) is 21.8. The summed E-state index contributed by atoms with van der Waals surface area (Å²) in [5.74, 6) is 0. The number of phosphoric acid groups is 1. The second kappa shape index (κ2) is 22.0. The fraction of sp³-hybridized carbons (Fsp3) is 0.923. The Balaban J connectivity index is 3.45. The first-order valence-electron chi connectivity index (χ1n) is 13.5. The molecule has 0 aromatic heterocycles. The molecule has 0 saturated heterocycles. The molecule has 0 heterocycles. The number of hydrogen-bond donors (Lipinski definition) is 2. The van der Waals surface area contributed by atoms with E-state index in [0.29, 0.717) is 17.6 Å². The van der Waals surface area contributed by atoms with E-state index in [1.807, 2.05) is 21.1 Å². The molecule has 0 spiro atoms. The smallest absolute Gasteiger partial charge is 0.388 e. The predicted molar refractivity (Wildman–Crippen MR) is 141 cm³/mol. The van der Waals surface area contributed by atoms with Crippen LogP contribution in [0, 0.1) is 0 Å². The van der Waals surface area contributed by atoms with Crippen LogP contribution in [0.25, 0.3) is 0 Å². The molecule has 8 heteroatoms. The van der Waals surface area contributed by atoms with E-state index in [1.54, 1.807) is 0 Å². The van der Waals surface area contributed by atoms with Gasteiger partial charge in [-0.25, -0.2) is 4.57 Å². The number of aliphatic hydroxyl groups is 1. The van der Waals surface area contributed by atoms with Gasteiger partial charge in [0.15, 0.2) is 0 Å². The molecule has 7 nitrogen and oxygen atoms in total. The highest BCUT2D eigenvalue weighted by Gasteiger charge is 2.24. The van der Waals surface area contributed by atoms with Gasteiger partial charge in [0, 0.05) is 6.61 Å². The fourth-order valence-corrected chi connectivity index (χ4v) is 4.13. The van der Waals surface area contributed by atoms with Crippen LogP contribution in [-0.2, 0) is 18.3 Å². The Morgan fingerprint density at radius 2 is 1.29 bits per heavy atom. The van der Waals surface area contributed by atoms with E-state index in [4.69, 9.17) is 13.8 Å². The van der Waals surface area contributed by atoms with Crippen molar-refractivity contribution in [3.8, 4) is 0 Å². The number of nitrogens with zero attached hydrogens (tertiary/aromatic N) is 1. The molecule has 34 heavy (non-hydrogen) atoms. The molecule has 2 unspecified atom stereocenters. The minimum atomic E-state index is -4.15. The predicted octanol–water partition coefficient (Wildman–Crippen LogP) is 6.24. The normalized spacial score (nSPS) is 15.1. The lowest BCUT2D eigenvalue weighted by Gasteiger charge is -2.24. The number of aliphatic hydroxyl groups excluding tert-OH is 1. The van der Waals surface area contributed by atoms with Crippen molar-refractivity contribution in [2.75, 3.05) is 54.1 Å². The van der Waals surface area contributed by atoms with Crippen molar-refractivity contribution in [3.63, 3.8) is 0 Å². The Bertz CT molecular complexity index is 524. The zero-order valence-electron chi connectivity index (χ0n) is 22.6. The van der Waals surface area contributed by atoms with Gasteiger partial charge in [-0.15, -0.1) is 0 Å². The Labute approximate surface area is 210 Å². The maximum atomic E-state index is 11.8. The zero-order chi connectivity index (χ0) is 25.5. The number of allylic oxidation sites excluding steroid dienone is 2. The number of rotatable bonds is 25. The van der Waals surface area contributed by atoms with Crippen LogP contribution in [0.2, 0.25) is 0 Å². The Morgan fingerprint density at radius 3 is 1.85 bits per heavy atom. The minimum absolute atomic E-state index is 0.0708. The van der Waals surface area contributed by atoms with Gasteiger partial charge >= 0.3 is 7.82 Å². The summed E-state index contributed by atoms with van der Waals surface area (Å²) in [5, 5.41) is 9.85. The average Bonchev–Trinajstić information content (AvgIpc) is 2.76. The molecular formula is C26H55NO6P+. The van der Waals surface area contributed by atoms with Crippen molar-refractivity contribution in [3.05, 3.63) is 12.2 Å². The Morgan fingerprint density at radius 1 is 0.765 bits per heavy atom. The van der Waals surface area contributed by atoms with Crippen LogP contribution in [0.15, 0.2) is 12.2 Å². The quantitative estimate of drug-likeness (QED) is 0.0657. The average molecular weight is 509 g/mol. The standard InChI is InChI=1S/C26H54NO6P/c1-5-6-7-8-9-10-11-12-13-14-15-16-17-18-19-20-22-31-24-26(28)25-33-34(29,30)32-23-21-27(2,3)4/h17-18,26,28H,5-16,19-25H2,1-4H3/p+1/b18-17-. The monoisotopic (exact) mass is 508 g/mol. The third-order valence-electron chi connectivity index (χ3n) is 5.56. The van der Waals surface area contributed by atoms with Gasteiger partial charge in [0.05, 0.1) is 34.4 Å². The summed E-state index contributed by atoms with van der Waals surface area (Å²) in [4.78, 5) is 9.63. The highest BCUT2D eigenvalue weighted by atomic mass is 31.2. The second-order valence-electron chi connectivity index (χ2n) is 10.3. The highest BCUT2D eigenvalue weighted by Crippen LogP contribution is 2.43. The van der Waals surface area contributed by atoms with Gasteiger partial charge in [0.25, 0.3) is 0 Å². The molecule has 0 aromatic rings. The molecule has 2 N–H and O–H groups in total. The van der Waals surface area contributed by atoms with Gasteiger partial charge in [0.2, 0.25) is 0 Å². The van der Waals surface area contributed by atoms with E-state index in [1.165, 1.54) is 70.6 Å². The summed E-state index contributed by atoms with van der Waals surface area (Å²) in [7, 11) is 1.74. The second-order valence-corrected chi connectivity index (χ2v) is 11.7. The summed E-state index contributed by atoms with van der Waals surface area (Å²) in [6.45, 7) is 3.27. The van der Waals surface area contributed by atoms with E-state index < -0.39 is 13.9 Å². The van der Waals surface area contributed by atoms with Gasteiger partial charge in [-0.2, -0.15) is 0 Å². The van der Waals surface area contributed by atoms with E-state index in [9.17, 15) is 14.6 Å².